The molecule has 0 atom stereocenters. The van der Waals surface area contributed by atoms with Gasteiger partial charge in [0.2, 0.25) is 5.95 Å². The Morgan fingerprint density at radius 1 is 1.11 bits per heavy atom. The maximum absolute atomic E-state index is 13.1. The van der Waals surface area contributed by atoms with Crippen molar-refractivity contribution in [2.45, 2.75) is 13.1 Å². The number of carbonyl (C=O) groups is 1. The molecule has 1 saturated heterocycles. The molecule has 0 spiro atoms. The predicted octanol–water partition coefficient (Wildman–Crippen LogP) is 1.50. The number of alkyl halides is 3. The number of aliphatic carboxylic acids is 1. The molecule has 3 aromatic rings. The van der Waals surface area contributed by atoms with E-state index in [1.807, 2.05) is 47.9 Å². The Labute approximate surface area is 197 Å². The molecule has 3 heterocycles. The van der Waals surface area contributed by atoms with Crippen LogP contribution in [-0.2, 0) is 18.9 Å². The first-order valence-electron chi connectivity index (χ1n) is 10.6. The lowest BCUT2D eigenvalue weighted by Gasteiger charge is -2.29. The lowest BCUT2D eigenvalue weighted by Crippen LogP contribution is -2.44. The SMILES string of the molecule is C/C=C/c1ccccc1-n1c(N2CCNCC2)nc2c1c(=O)n(C)c(=O)n2C.O=C(O)C(F)(F)F. The van der Waals surface area contributed by atoms with Gasteiger partial charge in [0.15, 0.2) is 11.2 Å². The van der Waals surface area contributed by atoms with E-state index < -0.39 is 12.1 Å². The second-order valence-electron chi connectivity index (χ2n) is 7.72. The lowest BCUT2D eigenvalue weighted by molar-refractivity contribution is -0.192. The largest absolute Gasteiger partial charge is 0.490 e. The smallest absolute Gasteiger partial charge is 0.475 e. The molecule has 0 unspecified atom stereocenters. The summed E-state index contributed by atoms with van der Waals surface area (Å²) in [6.45, 7) is 5.21. The summed E-state index contributed by atoms with van der Waals surface area (Å²) in [6, 6.07) is 7.90. The van der Waals surface area contributed by atoms with E-state index in [2.05, 4.69) is 10.2 Å². The zero-order valence-corrected chi connectivity index (χ0v) is 19.3. The van der Waals surface area contributed by atoms with Gasteiger partial charge in [-0.3, -0.25) is 18.5 Å². The normalized spacial score (nSPS) is 14.3. The van der Waals surface area contributed by atoms with Crippen molar-refractivity contribution in [2.24, 2.45) is 14.1 Å². The summed E-state index contributed by atoms with van der Waals surface area (Å²) in [5.41, 5.74) is 1.94. The molecule has 0 aliphatic carbocycles. The lowest BCUT2D eigenvalue weighted by atomic mass is 10.1. The Kier molecular flexibility index (Phi) is 7.48. The van der Waals surface area contributed by atoms with Crippen LogP contribution in [0.25, 0.3) is 22.9 Å². The van der Waals surface area contributed by atoms with Crippen molar-refractivity contribution in [3.05, 3.63) is 56.7 Å². The van der Waals surface area contributed by atoms with Crippen LogP contribution in [0.3, 0.4) is 0 Å². The number of halogens is 3. The minimum absolute atomic E-state index is 0.345. The number of nitrogens with one attached hydrogen (secondary N) is 1. The molecule has 0 saturated carbocycles. The first-order valence-corrected chi connectivity index (χ1v) is 10.6. The minimum atomic E-state index is -5.08. The molecule has 1 aromatic carbocycles. The number of carboxylic acid groups (broad SMARTS) is 1. The monoisotopic (exact) mass is 494 g/mol. The van der Waals surface area contributed by atoms with Crippen LogP contribution in [0, 0.1) is 0 Å². The van der Waals surface area contributed by atoms with Crippen molar-refractivity contribution in [2.75, 3.05) is 31.1 Å². The fourth-order valence-corrected chi connectivity index (χ4v) is 3.70. The fourth-order valence-electron chi connectivity index (χ4n) is 3.70. The van der Waals surface area contributed by atoms with Gasteiger partial charge in [-0.2, -0.15) is 18.2 Å². The molecule has 0 radical (unpaired) electrons. The van der Waals surface area contributed by atoms with Crippen molar-refractivity contribution in [1.82, 2.24) is 24.0 Å². The summed E-state index contributed by atoms with van der Waals surface area (Å²) >= 11 is 0. The number of hydrogen-bond donors (Lipinski definition) is 2. The quantitative estimate of drug-likeness (QED) is 0.567. The summed E-state index contributed by atoms with van der Waals surface area (Å²) in [5, 5.41) is 10.5. The van der Waals surface area contributed by atoms with Crippen molar-refractivity contribution < 1.29 is 23.1 Å². The van der Waals surface area contributed by atoms with Crippen LogP contribution in [-0.4, -0.2) is 62.1 Å². The van der Waals surface area contributed by atoms with E-state index in [0.717, 1.165) is 42.0 Å². The highest BCUT2D eigenvalue weighted by molar-refractivity contribution is 5.79. The highest BCUT2D eigenvalue weighted by Crippen LogP contribution is 2.27. The maximum atomic E-state index is 13.1. The highest BCUT2D eigenvalue weighted by atomic mass is 19.4. The zero-order valence-electron chi connectivity index (χ0n) is 19.3. The Hall–Kier alpha value is -3.87. The average molecular weight is 494 g/mol. The zero-order chi connectivity index (χ0) is 25.9. The highest BCUT2D eigenvalue weighted by Gasteiger charge is 2.38. The number of para-hydroxylation sites is 1. The molecular weight excluding hydrogens is 469 g/mol. The van der Waals surface area contributed by atoms with E-state index in [4.69, 9.17) is 14.9 Å². The average Bonchev–Trinajstić information content (AvgIpc) is 3.23. The molecule has 1 aliphatic heterocycles. The Morgan fingerprint density at radius 2 is 1.71 bits per heavy atom. The van der Waals surface area contributed by atoms with Crippen LogP contribution < -0.4 is 21.5 Å². The predicted molar refractivity (Wildman–Crippen MR) is 125 cm³/mol. The van der Waals surface area contributed by atoms with E-state index in [0.29, 0.717) is 17.1 Å². The van der Waals surface area contributed by atoms with Gasteiger partial charge in [-0.05, 0) is 18.6 Å². The standard InChI is InChI=1S/C20H24N6O2.C2HF3O2/c1-4-7-14-8-5-6-9-15(14)26-16-17(23(2)20(28)24(3)18(16)27)22-19(26)25-12-10-21-11-13-25;3-2(4,5)1(6)7/h4-9,21H,10-13H2,1-3H3;(H,6,7)/b7-4+;. The molecule has 13 heteroatoms. The van der Waals surface area contributed by atoms with Crippen LogP contribution in [0.15, 0.2) is 39.9 Å². The molecule has 4 rings (SSSR count). The summed E-state index contributed by atoms with van der Waals surface area (Å²) < 4.78 is 36.2. The number of fused-ring (bicyclic) bond motifs is 1. The second kappa shape index (κ2) is 10.2. The van der Waals surface area contributed by atoms with Crippen molar-refractivity contribution in [3.63, 3.8) is 0 Å². The summed E-state index contributed by atoms with van der Waals surface area (Å²) in [5.74, 6) is -2.07. The van der Waals surface area contributed by atoms with Crippen LogP contribution in [0.5, 0.6) is 0 Å². The van der Waals surface area contributed by atoms with Crippen LogP contribution in [0.1, 0.15) is 12.5 Å². The topological polar surface area (TPSA) is 114 Å². The Balaban J connectivity index is 0.000000429. The summed E-state index contributed by atoms with van der Waals surface area (Å²) in [6.07, 6.45) is -1.11. The number of aromatic nitrogens is 4. The Morgan fingerprint density at radius 3 is 2.29 bits per heavy atom. The van der Waals surface area contributed by atoms with Gasteiger partial charge in [0.05, 0.1) is 5.69 Å². The number of aryl methyl sites for hydroxylation is 1. The van der Waals surface area contributed by atoms with Gasteiger partial charge in [0, 0.05) is 40.3 Å². The number of anilines is 1. The second-order valence-corrected chi connectivity index (χ2v) is 7.72. The molecule has 2 aromatic heterocycles. The fraction of sp³-hybridized carbons (Fsp3) is 0.364. The number of rotatable bonds is 3. The number of allylic oxidation sites excluding steroid dienone is 1. The van der Waals surface area contributed by atoms with Gasteiger partial charge in [0.25, 0.3) is 5.56 Å². The van der Waals surface area contributed by atoms with Crippen molar-refractivity contribution in [3.8, 4) is 5.69 Å². The van der Waals surface area contributed by atoms with E-state index in [9.17, 15) is 22.8 Å². The Bertz CT molecular complexity index is 1380. The first kappa shape index (κ1) is 25.7. The molecule has 0 bridgehead atoms. The third-order valence-electron chi connectivity index (χ3n) is 5.41. The molecule has 35 heavy (non-hydrogen) atoms. The van der Waals surface area contributed by atoms with Crippen LogP contribution in [0.4, 0.5) is 19.1 Å². The van der Waals surface area contributed by atoms with Gasteiger partial charge < -0.3 is 15.3 Å². The molecule has 1 fully saturated rings. The van der Waals surface area contributed by atoms with Gasteiger partial charge in [-0.15, -0.1) is 0 Å². The number of carboxylic acids is 1. The summed E-state index contributed by atoms with van der Waals surface area (Å²) in [4.78, 5) is 41.4. The van der Waals surface area contributed by atoms with Crippen molar-refractivity contribution in [1.29, 1.82) is 0 Å². The number of imidazole rings is 1. The molecule has 188 valence electrons. The number of hydrogen-bond acceptors (Lipinski definition) is 6. The number of benzene rings is 1. The maximum Gasteiger partial charge on any atom is 0.490 e. The first-order chi connectivity index (χ1) is 16.5. The van der Waals surface area contributed by atoms with Crippen molar-refractivity contribution >= 4 is 29.2 Å². The molecule has 1 aliphatic rings. The van der Waals surface area contributed by atoms with Gasteiger partial charge in [-0.25, -0.2) is 9.59 Å². The third-order valence-corrected chi connectivity index (χ3v) is 5.41. The molecule has 2 N–H and O–H groups in total. The van der Waals surface area contributed by atoms with E-state index in [1.54, 1.807) is 7.05 Å². The van der Waals surface area contributed by atoms with E-state index in [1.165, 1.54) is 11.6 Å². The van der Waals surface area contributed by atoms with Crippen LogP contribution >= 0.6 is 0 Å². The van der Waals surface area contributed by atoms with E-state index in [-0.39, 0.29) is 11.2 Å². The van der Waals surface area contributed by atoms with Gasteiger partial charge in [0.1, 0.15) is 0 Å². The summed E-state index contributed by atoms with van der Waals surface area (Å²) in [7, 11) is 3.16. The molecule has 10 nitrogen and oxygen atoms in total. The minimum Gasteiger partial charge on any atom is -0.475 e. The number of nitrogens with zero attached hydrogens (tertiary/aromatic N) is 5. The molecular formula is C22H25F3N6O4. The third kappa shape index (κ3) is 5.14. The van der Waals surface area contributed by atoms with Gasteiger partial charge in [-0.1, -0.05) is 30.4 Å². The van der Waals surface area contributed by atoms with E-state index >= 15 is 0 Å². The van der Waals surface area contributed by atoms with Gasteiger partial charge >= 0.3 is 17.8 Å². The van der Waals surface area contributed by atoms with Crippen LogP contribution in [0.2, 0.25) is 0 Å². The number of piperazine rings is 1. The molecule has 0 amide bonds.